The second-order valence-corrected chi connectivity index (χ2v) is 9.45. The van der Waals surface area contributed by atoms with Crippen molar-refractivity contribution in [3.63, 3.8) is 0 Å². The lowest BCUT2D eigenvalue weighted by atomic mass is 9.90. The molecule has 1 saturated heterocycles. The summed E-state index contributed by atoms with van der Waals surface area (Å²) in [6.07, 6.45) is 7.74. The van der Waals surface area contributed by atoms with E-state index in [4.69, 9.17) is 17.0 Å². The highest BCUT2D eigenvalue weighted by Crippen LogP contribution is 2.38. The van der Waals surface area contributed by atoms with Crippen molar-refractivity contribution in [2.45, 2.75) is 44.9 Å². The number of nitrogens with one attached hydrogen (secondary N) is 1. The number of ether oxygens (including phenoxy) is 1. The van der Waals surface area contributed by atoms with Gasteiger partial charge in [0.1, 0.15) is 5.00 Å². The van der Waals surface area contributed by atoms with E-state index in [0.29, 0.717) is 11.5 Å². The van der Waals surface area contributed by atoms with Crippen molar-refractivity contribution >= 4 is 39.6 Å². The van der Waals surface area contributed by atoms with Crippen LogP contribution >= 0.6 is 23.6 Å². The number of benzene rings is 1. The number of hydrogen-bond donors (Lipinski definition) is 1. The molecule has 29 heavy (non-hydrogen) atoms. The number of anilines is 1. The van der Waals surface area contributed by atoms with Gasteiger partial charge in [-0.05, 0) is 74.2 Å². The third-order valence-electron chi connectivity index (χ3n) is 6.05. The molecule has 0 atom stereocenters. The topological polar surface area (TPSA) is 41.6 Å². The Balaban J connectivity index is 1.39. The van der Waals surface area contributed by atoms with Gasteiger partial charge in [-0.1, -0.05) is 30.3 Å². The molecule has 0 amide bonds. The molecule has 1 aromatic heterocycles. The number of carbonyl (C=O) groups excluding carboxylic acids is 1. The number of nitrogens with zero attached hydrogens (tertiary/aromatic N) is 1. The van der Waals surface area contributed by atoms with E-state index in [9.17, 15) is 4.79 Å². The molecule has 0 spiro atoms. The fourth-order valence-corrected chi connectivity index (χ4v) is 6.06. The first-order valence-electron chi connectivity index (χ1n) is 10.5. The second kappa shape index (κ2) is 9.26. The fraction of sp³-hybridized carbons (Fsp3) is 0.478. The maximum Gasteiger partial charge on any atom is 0.341 e. The molecule has 1 aliphatic carbocycles. The minimum Gasteiger partial charge on any atom is -0.465 e. The van der Waals surface area contributed by atoms with Crippen LogP contribution in [0, 0.1) is 5.92 Å². The zero-order chi connectivity index (χ0) is 20.2. The smallest absolute Gasteiger partial charge is 0.341 e. The molecule has 0 bridgehead atoms. The van der Waals surface area contributed by atoms with Gasteiger partial charge < -0.3 is 15.0 Å². The Hall–Kier alpha value is -1.92. The van der Waals surface area contributed by atoms with Crippen LogP contribution in [0.4, 0.5) is 5.00 Å². The van der Waals surface area contributed by atoms with Crippen LogP contribution < -0.4 is 5.32 Å². The molecule has 154 valence electrons. The minimum atomic E-state index is -0.253. The number of esters is 1. The van der Waals surface area contributed by atoms with Crippen LogP contribution in [0.3, 0.4) is 0 Å². The molecular weight excluding hydrogens is 400 g/mol. The molecule has 1 aromatic carbocycles. The number of methoxy groups -OCH3 is 1. The molecule has 1 N–H and O–H groups in total. The van der Waals surface area contributed by atoms with Gasteiger partial charge in [-0.2, -0.15) is 0 Å². The highest BCUT2D eigenvalue weighted by atomic mass is 32.1. The molecule has 4 rings (SSSR count). The largest absolute Gasteiger partial charge is 0.465 e. The lowest BCUT2D eigenvalue weighted by molar-refractivity contribution is 0.0601. The SMILES string of the molecule is COC(=O)c1c(NC(=S)N2CCC(Cc3ccccc3)CC2)sc2c1CCCC2. The Bertz CT molecular complexity index is 871. The number of fused-ring (bicyclic) bond motifs is 1. The Kier molecular flexibility index (Phi) is 6.50. The number of likely N-dealkylation sites (tertiary alicyclic amines) is 1. The summed E-state index contributed by atoms with van der Waals surface area (Å²) >= 11 is 7.39. The zero-order valence-electron chi connectivity index (χ0n) is 16.9. The van der Waals surface area contributed by atoms with Crippen molar-refractivity contribution in [2.24, 2.45) is 5.92 Å². The molecule has 1 fully saturated rings. The van der Waals surface area contributed by atoms with Crippen molar-refractivity contribution in [3.05, 3.63) is 51.9 Å². The lowest BCUT2D eigenvalue weighted by Gasteiger charge is -2.33. The van der Waals surface area contributed by atoms with Gasteiger partial charge in [0.05, 0.1) is 12.7 Å². The number of rotatable bonds is 4. The highest BCUT2D eigenvalue weighted by molar-refractivity contribution is 7.80. The molecule has 2 aliphatic rings. The van der Waals surface area contributed by atoms with E-state index < -0.39 is 0 Å². The van der Waals surface area contributed by atoms with Crippen molar-refractivity contribution in [3.8, 4) is 0 Å². The Morgan fingerprint density at radius 1 is 1.21 bits per heavy atom. The number of carbonyl (C=O) groups is 1. The first-order chi connectivity index (χ1) is 14.2. The minimum absolute atomic E-state index is 0.253. The summed E-state index contributed by atoms with van der Waals surface area (Å²) in [6, 6.07) is 10.7. The molecule has 0 saturated carbocycles. The number of thiophene rings is 1. The van der Waals surface area contributed by atoms with Gasteiger partial charge in [0, 0.05) is 18.0 Å². The molecule has 0 radical (unpaired) electrons. The van der Waals surface area contributed by atoms with E-state index in [1.807, 2.05) is 0 Å². The van der Waals surface area contributed by atoms with Gasteiger partial charge >= 0.3 is 5.97 Å². The summed E-state index contributed by atoms with van der Waals surface area (Å²) in [6.45, 7) is 1.92. The lowest BCUT2D eigenvalue weighted by Crippen LogP contribution is -2.41. The Morgan fingerprint density at radius 2 is 1.93 bits per heavy atom. The molecule has 2 heterocycles. The quantitative estimate of drug-likeness (QED) is 0.544. The molecule has 6 heteroatoms. The summed E-state index contributed by atoms with van der Waals surface area (Å²) in [5.74, 6) is 0.451. The van der Waals surface area contributed by atoms with Crippen LogP contribution in [0.15, 0.2) is 30.3 Å². The summed E-state index contributed by atoms with van der Waals surface area (Å²) in [4.78, 5) is 16.0. The number of thiocarbonyl (C=S) groups is 1. The van der Waals surface area contributed by atoms with Crippen molar-refractivity contribution in [1.29, 1.82) is 0 Å². The predicted octanol–water partition coefficient (Wildman–Crippen LogP) is 5.07. The molecule has 1 aliphatic heterocycles. The van der Waals surface area contributed by atoms with E-state index in [2.05, 4.69) is 40.5 Å². The normalized spacial score (nSPS) is 16.9. The van der Waals surface area contributed by atoms with Crippen LogP contribution in [0.5, 0.6) is 0 Å². The van der Waals surface area contributed by atoms with E-state index in [1.165, 1.54) is 29.5 Å². The number of piperidine rings is 1. The molecule has 2 aromatic rings. The zero-order valence-corrected chi connectivity index (χ0v) is 18.5. The van der Waals surface area contributed by atoms with Crippen molar-refractivity contribution in [2.75, 3.05) is 25.5 Å². The average Bonchev–Trinajstić information content (AvgIpc) is 3.12. The number of hydrogen-bond acceptors (Lipinski definition) is 4. The van der Waals surface area contributed by atoms with Gasteiger partial charge in [-0.25, -0.2) is 4.79 Å². The van der Waals surface area contributed by atoms with E-state index in [1.54, 1.807) is 11.3 Å². The monoisotopic (exact) mass is 428 g/mol. The molecule has 0 unspecified atom stereocenters. The summed E-state index contributed by atoms with van der Waals surface area (Å²) in [5, 5.41) is 4.98. The third-order valence-corrected chi connectivity index (χ3v) is 7.62. The van der Waals surface area contributed by atoms with Crippen molar-refractivity contribution < 1.29 is 9.53 Å². The Labute approximate surface area is 182 Å². The van der Waals surface area contributed by atoms with Gasteiger partial charge in [-0.3, -0.25) is 0 Å². The standard InChI is InChI=1S/C23H28N2O2S2/c1-27-22(26)20-18-9-5-6-10-19(18)29-21(20)24-23(28)25-13-11-17(12-14-25)15-16-7-3-2-4-8-16/h2-4,7-8,17H,5-6,9-15H2,1H3,(H,24,28). The summed E-state index contributed by atoms with van der Waals surface area (Å²) in [7, 11) is 1.45. The van der Waals surface area contributed by atoms with Gasteiger partial charge in [-0.15, -0.1) is 11.3 Å². The van der Waals surface area contributed by atoms with E-state index in [-0.39, 0.29) is 5.97 Å². The number of aryl methyl sites for hydroxylation is 1. The van der Waals surface area contributed by atoms with Gasteiger partial charge in [0.15, 0.2) is 5.11 Å². The Morgan fingerprint density at radius 3 is 2.66 bits per heavy atom. The van der Waals surface area contributed by atoms with E-state index in [0.717, 1.165) is 61.7 Å². The van der Waals surface area contributed by atoms with Gasteiger partial charge in [0.2, 0.25) is 0 Å². The van der Waals surface area contributed by atoms with Crippen LogP contribution in [0.2, 0.25) is 0 Å². The predicted molar refractivity (Wildman–Crippen MR) is 123 cm³/mol. The maximum absolute atomic E-state index is 12.4. The second-order valence-electron chi connectivity index (χ2n) is 7.96. The summed E-state index contributed by atoms with van der Waals surface area (Å²) in [5.41, 5.74) is 3.28. The van der Waals surface area contributed by atoms with Crippen LogP contribution in [-0.4, -0.2) is 36.2 Å². The first-order valence-corrected chi connectivity index (χ1v) is 11.7. The highest BCUT2D eigenvalue weighted by Gasteiger charge is 2.28. The van der Waals surface area contributed by atoms with E-state index >= 15 is 0 Å². The van der Waals surface area contributed by atoms with Crippen LogP contribution in [-0.2, 0) is 24.0 Å². The fourth-order valence-electron chi connectivity index (χ4n) is 4.44. The molecule has 4 nitrogen and oxygen atoms in total. The third kappa shape index (κ3) is 4.64. The van der Waals surface area contributed by atoms with Crippen LogP contribution in [0.1, 0.15) is 52.0 Å². The first kappa shape index (κ1) is 20.4. The molecular formula is C23H28N2O2S2. The maximum atomic E-state index is 12.4. The van der Waals surface area contributed by atoms with Crippen LogP contribution in [0.25, 0.3) is 0 Å². The average molecular weight is 429 g/mol. The van der Waals surface area contributed by atoms with Crippen molar-refractivity contribution in [1.82, 2.24) is 4.90 Å². The van der Waals surface area contributed by atoms with Gasteiger partial charge in [0.25, 0.3) is 0 Å². The summed E-state index contributed by atoms with van der Waals surface area (Å²) < 4.78 is 5.07.